The number of imide groups is 2. The number of pyridine rings is 1. The van der Waals surface area contributed by atoms with E-state index < -0.39 is 29.7 Å². The fourth-order valence-corrected chi connectivity index (χ4v) is 8.53. The summed E-state index contributed by atoms with van der Waals surface area (Å²) < 4.78 is 2.06. The number of rotatable bonds is 16. The summed E-state index contributed by atoms with van der Waals surface area (Å²) in [7, 11) is 0. The molecule has 5 N–H and O–H groups in total. The maximum absolute atomic E-state index is 13.1. The van der Waals surface area contributed by atoms with Gasteiger partial charge in [0, 0.05) is 62.5 Å². The smallest absolute Gasteiger partial charge is 0.270 e. The van der Waals surface area contributed by atoms with Crippen molar-refractivity contribution in [1.82, 2.24) is 50.3 Å². The first-order valence-electron chi connectivity index (χ1n) is 21.3. The molecule has 4 aromatic rings. The summed E-state index contributed by atoms with van der Waals surface area (Å²) in [6, 6.07) is 9.17. The fourth-order valence-electron chi connectivity index (χ4n) is 8.53. The number of likely N-dealkylation sites (tertiary alicyclic amines) is 1. The van der Waals surface area contributed by atoms with E-state index in [1.165, 1.54) is 12.1 Å². The van der Waals surface area contributed by atoms with E-state index in [1.807, 2.05) is 24.0 Å². The van der Waals surface area contributed by atoms with Gasteiger partial charge in [-0.3, -0.25) is 43.8 Å². The second-order valence-corrected chi connectivity index (χ2v) is 16.4. The van der Waals surface area contributed by atoms with E-state index in [0.29, 0.717) is 61.2 Å². The topological polar surface area (TPSA) is 243 Å². The van der Waals surface area contributed by atoms with E-state index in [0.717, 1.165) is 61.2 Å². The number of carbonyl (C=O) groups excluding carboxylic acids is 7. The van der Waals surface area contributed by atoms with Crippen LogP contribution in [0.4, 0.5) is 11.5 Å². The minimum Gasteiger partial charge on any atom is -0.376 e. The van der Waals surface area contributed by atoms with Crippen LogP contribution >= 0.6 is 0 Å². The van der Waals surface area contributed by atoms with Gasteiger partial charge in [0.25, 0.3) is 17.7 Å². The average Bonchev–Trinajstić information content (AvgIpc) is 3.79. The van der Waals surface area contributed by atoms with E-state index in [9.17, 15) is 33.6 Å². The molecule has 1 saturated carbocycles. The molecule has 62 heavy (non-hydrogen) atoms. The Morgan fingerprint density at radius 2 is 1.69 bits per heavy atom. The van der Waals surface area contributed by atoms with Crippen LogP contribution in [0.5, 0.6) is 0 Å². The summed E-state index contributed by atoms with van der Waals surface area (Å²) in [6.07, 6.45) is 9.47. The Morgan fingerprint density at radius 3 is 2.48 bits per heavy atom. The maximum Gasteiger partial charge on any atom is 0.270 e. The number of piperidine rings is 2. The predicted octanol–water partition coefficient (Wildman–Crippen LogP) is 2.50. The number of benzene rings is 1. The molecule has 0 unspecified atom stereocenters. The Bertz CT molecular complexity index is 2400. The largest absolute Gasteiger partial charge is 0.376 e. The van der Waals surface area contributed by atoms with Crippen molar-refractivity contribution >= 4 is 64.0 Å². The minimum atomic E-state index is -1.05. The van der Waals surface area contributed by atoms with E-state index in [-0.39, 0.29) is 60.3 Å². The number of fused-ring (bicyclic) bond motifs is 2. The molecule has 0 radical (unpaired) electrons. The lowest BCUT2D eigenvalue weighted by atomic mass is 9.86. The first-order valence-corrected chi connectivity index (χ1v) is 21.3. The second kappa shape index (κ2) is 18.4. The van der Waals surface area contributed by atoms with Crippen LogP contribution in [0, 0.1) is 12.8 Å². The number of carbonyl (C=O) groups is 7. The van der Waals surface area contributed by atoms with Gasteiger partial charge < -0.3 is 30.7 Å². The third-order valence-corrected chi connectivity index (χ3v) is 12.1. The number of unbranched alkanes of at least 4 members (excludes halogenated alkanes) is 2. The molecule has 1 aliphatic carbocycles. The Morgan fingerprint density at radius 1 is 0.887 bits per heavy atom. The molecule has 3 aliphatic heterocycles. The van der Waals surface area contributed by atoms with Gasteiger partial charge in [-0.1, -0.05) is 12.5 Å². The molecule has 324 valence electrons. The Balaban J connectivity index is 0.688. The van der Waals surface area contributed by atoms with Crippen molar-refractivity contribution in [2.24, 2.45) is 5.92 Å². The molecule has 0 bridgehead atoms. The number of nitrogens with one attached hydrogen (secondary N) is 5. The first-order chi connectivity index (χ1) is 30.0. The van der Waals surface area contributed by atoms with Crippen LogP contribution in [0.25, 0.3) is 11.2 Å². The lowest BCUT2D eigenvalue weighted by Crippen LogP contribution is -2.54. The highest BCUT2D eigenvalue weighted by molar-refractivity contribution is 6.23. The summed E-state index contributed by atoms with van der Waals surface area (Å²) in [4.78, 5) is 109. The van der Waals surface area contributed by atoms with Gasteiger partial charge in [0.1, 0.15) is 23.6 Å². The van der Waals surface area contributed by atoms with Crippen LogP contribution in [0.1, 0.15) is 107 Å². The van der Waals surface area contributed by atoms with Gasteiger partial charge in [-0.05, 0) is 88.1 Å². The first kappa shape index (κ1) is 41.9. The summed E-state index contributed by atoms with van der Waals surface area (Å²) >= 11 is 0. The van der Waals surface area contributed by atoms with Gasteiger partial charge in [-0.2, -0.15) is 0 Å². The van der Waals surface area contributed by atoms with Crippen molar-refractivity contribution in [2.75, 3.05) is 43.4 Å². The Hall–Kier alpha value is -6.79. The number of nitrogens with zero attached hydrogens (tertiary/aromatic N) is 7. The SMILES string of the molecule is Cc1cccc(C(=O)NC2CC(n3cnc4c(NCC5CCN(C(=O)CCCCCNC(=O)CNc6ccc7c(c6)C(=O)N([C@@H]6CCC(=O)NC6=O)C7=O)CC5)ncnc43)C2)n1. The van der Waals surface area contributed by atoms with Crippen LogP contribution in [0.15, 0.2) is 49.1 Å². The van der Waals surface area contributed by atoms with E-state index in [4.69, 9.17) is 0 Å². The summed E-state index contributed by atoms with van der Waals surface area (Å²) in [5.41, 5.74) is 3.46. The molecule has 19 nitrogen and oxygen atoms in total. The predicted molar refractivity (Wildman–Crippen MR) is 225 cm³/mol. The number of amides is 7. The quantitative estimate of drug-likeness (QED) is 0.0806. The van der Waals surface area contributed by atoms with Crippen LogP contribution in [-0.4, -0.2) is 120 Å². The van der Waals surface area contributed by atoms with Crippen LogP contribution in [-0.2, 0) is 19.2 Å². The lowest BCUT2D eigenvalue weighted by molar-refractivity contribution is -0.136. The average molecular weight is 847 g/mol. The lowest BCUT2D eigenvalue weighted by Gasteiger charge is -2.36. The molecule has 8 rings (SSSR count). The van der Waals surface area contributed by atoms with Gasteiger partial charge in [0.15, 0.2) is 11.5 Å². The summed E-state index contributed by atoms with van der Waals surface area (Å²) in [5.74, 6) is -1.51. The zero-order valence-electron chi connectivity index (χ0n) is 34.5. The molecule has 3 aromatic heterocycles. The highest BCUT2D eigenvalue weighted by Gasteiger charge is 2.44. The van der Waals surface area contributed by atoms with Crippen molar-refractivity contribution in [2.45, 2.75) is 89.3 Å². The molecular weight excluding hydrogens is 797 g/mol. The second-order valence-electron chi connectivity index (χ2n) is 16.4. The summed E-state index contributed by atoms with van der Waals surface area (Å²) in [6.45, 7) is 4.39. The van der Waals surface area contributed by atoms with Crippen LogP contribution in [0.2, 0.25) is 0 Å². The molecule has 19 heteroatoms. The summed E-state index contributed by atoms with van der Waals surface area (Å²) in [5, 5.41) is 14.6. The molecular formula is C43H50N12O7. The Kier molecular flexibility index (Phi) is 12.5. The molecule has 1 atom stereocenters. The van der Waals surface area contributed by atoms with Gasteiger partial charge in [0.05, 0.1) is 24.0 Å². The fraction of sp³-hybridized carbons (Fsp3) is 0.465. The standard InChI is InChI=1S/C43H50N12O7/c1-25-6-5-7-32(50-25)40(59)51-28-18-29(19-28)54-24-49-37-38(47-23-48-39(37)54)46-21-26-13-16-53(17-14-26)36(58)8-3-2-4-15-44-35(57)22-45-27-9-10-30-31(20-27)43(62)55(42(30)61)33-11-12-34(56)52-41(33)60/h5-7,9-10,20,23-24,26,28-29,33,45H,2-4,8,11-19,21-22H2,1H3,(H,44,57)(H,51,59)(H,46,47,48)(H,52,56,60)/t28?,29?,33-/m1/s1. The normalized spacial score (nSPS) is 20.1. The molecule has 1 aromatic carbocycles. The molecule has 4 aliphatic rings. The van der Waals surface area contributed by atoms with E-state index in [1.54, 1.807) is 24.8 Å². The molecule has 0 spiro atoms. The van der Waals surface area contributed by atoms with Crippen molar-refractivity contribution in [3.05, 3.63) is 71.6 Å². The van der Waals surface area contributed by atoms with Gasteiger partial charge in [-0.15, -0.1) is 0 Å². The third kappa shape index (κ3) is 9.25. The number of anilines is 2. The number of imidazole rings is 1. The number of hydrogen-bond acceptors (Lipinski definition) is 13. The minimum absolute atomic E-state index is 0.0392. The molecule has 3 fully saturated rings. The third-order valence-electron chi connectivity index (χ3n) is 12.1. The van der Waals surface area contributed by atoms with Gasteiger partial charge in [0.2, 0.25) is 23.6 Å². The maximum atomic E-state index is 13.1. The monoisotopic (exact) mass is 846 g/mol. The van der Waals surface area contributed by atoms with Crippen molar-refractivity contribution in [3.63, 3.8) is 0 Å². The van der Waals surface area contributed by atoms with Crippen LogP contribution < -0.4 is 26.6 Å². The highest BCUT2D eigenvalue weighted by atomic mass is 16.2. The van der Waals surface area contributed by atoms with Crippen LogP contribution in [0.3, 0.4) is 0 Å². The zero-order valence-corrected chi connectivity index (χ0v) is 34.5. The zero-order chi connectivity index (χ0) is 43.3. The van der Waals surface area contributed by atoms with Gasteiger partial charge >= 0.3 is 0 Å². The molecule has 6 heterocycles. The number of hydrogen-bond donors (Lipinski definition) is 5. The van der Waals surface area contributed by atoms with E-state index in [2.05, 4.69) is 51.1 Å². The van der Waals surface area contributed by atoms with Crippen molar-refractivity contribution < 1.29 is 33.6 Å². The highest BCUT2D eigenvalue weighted by Crippen LogP contribution is 2.35. The molecule has 7 amide bonds. The molecule has 2 saturated heterocycles. The van der Waals surface area contributed by atoms with Crippen molar-refractivity contribution in [3.8, 4) is 0 Å². The number of aryl methyl sites for hydroxylation is 1. The number of aromatic nitrogens is 5. The van der Waals surface area contributed by atoms with E-state index >= 15 is 0 Å². The van der Waals surface area contributed by atoms with Gasteiger partial charge in [-0.25, -0.2) is 19.9 Å². The van der Waals surface area contributed by atoms with Crippen molar-refractivity contribution in [1.29, 1.82) is 0 Å². The Labute approximate surface area is 357 Å².